The van der Waals surface area contributed by atoms with Crippen molar-refractivity contribution in [1.29, 1.82) is 0 Å². The minimum atomic E-state index is 0.970. The maximum atomic E-state index is 3.67. The summed E-state index contributed by atoms with van der Waals surface area (Å²) in [4.78, 5) is 3.44. The van der Waals surface area contributed by atoms with Crippen LogP contribution in [0.3, 0.4) is 0 Å². The van der Waals surface area contributed by atoms with Gasteiger partial charge in [0.15, 0.2) is 0 Å². The van der Waals surface area contributed by atoms with Gasteiger partial charge in [-0.3, -0.25) is 0 Å². The van der Waals surface area contributed by atoms with Crippen molar-refractivity contribution in [3.05, 3.63) is 41.2 Å². The third-order valence-corrected chi connectivity index (χ3v) is 2.76. The minimum absolute atomic E-state index is 0.970. The van der Waals surface area contributed by atoms with Gasteiger partial charge in [-0.05, 0) is 37.1 Å². The van der Waals surface area contributed by atoms with Crippen molar-refractivity contribution in [1.82, 2.24) is 10.3 Å². The van der Waals surface area contributed by atoms with Crippen LogP contribution in [-0.4, -0.2) is 11.5 Å². The molecule has 0 saturated heterocycles. The zero-order chi connectivity index (χ0) is 9.97. The van der Waals surface area contributed by atoms with Crippen LogP contribution in [0, 0.1) is 6.92 Å². The monoisotopic (exact) mass is 188 g/mol. The molecule has 0 atom stereocenters. The summed E-state index contributed by atoms with van der Waals surface area (Å²) in [5.74, 6) is 0. The van der Waals surface area contributed by atoms with E-state index < -0.39 is 0 Å². The van der Waals surface area contributed by atoms with Gasteiger partial charge in [0.25, 0.3) is 0 Å². The van der Waals surface area contributed by atoms with E-state index in [1.54, 1.807) is 6.08 Å². The Labute approximate surface area is 84.7 Å². The first-order valence-electron chi connectivity index (χ1n) is 5.03. The van der Waals surface area contributed by atoms with Crippen molar-refractivity contribution in [2.45, 2.75) is 19.9 Å². The highest BCUT2D eigenvalue weighted by Crippen LogP contribution is 2.22. The quantitative estimate of drug-likeness (QED) is 0.684. The zero-order valence-electron chi connectivity index (χ0n) is 8.56. The molecule has 2 N–H and O–H groups in total. The van der Waals surface area contributed by atoms with E-state index in [1.165, 1.54) is 22.5 Å². The maximum absolute atomic E-state index is 3.67. The highest BCUT2D eigenvalue weighted by Gasteiger charge is 2.14. The number of nitrogens with one attached hydrogen (secondary N) is 2. The molecule has 74 valence electrons. The molecule has 0 radical (unpaired) electrons. The fourth-order valence-corrected chi connectivity index (χ4v) is 1.97. The molecule has 0 bridgehead atoms. The average Bonchev–Trinajstić information content (AvgIpc) is 2.54. The Morgan fingerprint density at radius 3 is 3.00 bits per heavy atom. The topological polar surface area (TPSA) is 27.8 Å². The van der Waals surface area contributed by atoms with E-state index in [4.69, 9.17) is 0 Å². The highest BCUT2D eigenvalue weighted by atomic mass is 14.9. The Kier molecular flexibility index (Phi) is 2.55. The van der Waals surface area contributed by atoms with Gasteiger partial charge in [0, 0.05) is 17.9 Å². The van der Waals surface area contributed by atoms with Crippen LogP contribution in [0.1, 0.15) is 22.5 Å². The second-order valence-electron chi connectivity index (χ2n) is 3.64. The number of rotatable bonds is 2. The highest BCUT2D eigenvalue weighted by molar-refractivity contribution is 5.55. The number of aromatic nitrogens is 1. The second kappa shape index (κ2) is 3.84. The predicted molar refractivity (Wildman–Crippen MR) is 60.2 cm³/mol. The Hall–Kier alpha value is -1.28. The largest absolute Gasteiger partial charge is 0.357 e. The summed E-state index contributed by atoms with van der Waals surface area (Å²) in [6.07, 6.45) is 7.00. The predicted octanol–water partition coefficient (Wildman–Crippen LogP) is 2.17. The number of fused-ring (bicyclic) bond motifs is 1. The molecule has 0 unspecified atom stereocenters. The summed E-state index contributed by atoms with van der Waals surface area (Å²) < 4.78 is 0. The first kappa shape index (κ1) is 9.28. The van der Waals surface area contributed by atoms with Crippen LogP contribution in [0.25, 0.3) is 6.08 Å². The fourth-order valence-electron chi connectivity index (χ4n) is 1.97. The average molecular weight is 188 g/mol. The Morgan fingerprint density at radius 2 is 2.29 bits per heavy atom. The van der Waals surface area contributed by atoms with E-state index >= 15 is 0 Å². The van der Waals surface area contributed by atoms with Gasteiger partial charge in [-0.2, -0.15) is 0 Å². The lowest BCUT2D eigenvalue weighted by Crippen LogP contribution is -2.23. The number of H-pyrrole nitrogens is 1. The van der Waals surface area contributed by atoms with Gasteiger partial charge >= 0.3 is 0 Å². The van der Waals surface area contributed by atoms with E-state index in [9.17, 15) is 0 Å². The Bertz CT molecular complexity index is 372. The van der Waals surface area contributed by atoms with Crippen LogP contribution in [0.4, 0.5) is 0 Å². The third kappa shape index (κ3) is 1.53. The van der Waals surface area contributed by atoms with E-state index in [1.807, 2.05) is 6.08 Å². The van der Waals surface area contributed by atoms with Crippen molar-refractivity contribution in [3.8, 4) is 0 Å². The lowest BCUT2D eigenvalue weighted by molar-refractivity contribution is 0.633. The fraction of sp³-hybridized carbons (Fsp3) is 0.333. The Balaban J connectivity index is 2.38. The molecule has 2 rings (SSSR count). The number of hydrogen-bond donors (Lipinski definition) is 2. The summed E-state index contributed by atoms with van der Waals surface area (Å²) in [5.41, 5.74) is 5.45. The molecule has 2 nitrogen and oxygen atoms in total. The molecule has 0 amide bonds. The van der Waals surface area contributed by atoms with Gasteiger partial charge in [0.2, 0.25) is 0 Å². The van der Waals surface area contributed by atoms with Crippen molar-refractivity contribution >= 4 is 6.08 Å². The summed E-state index contributed by atoms with van der Waals surface area (Å²) in [6.45, 7) is 7.92. The SMILES string of the molecule is C=CC=Cc1[nH]c2c(c1C)CCNC2. The Morgan fingerprint density at radius 1 is 1.43 bits per heavy atom. The lowest BCUT2D eigenvalue weighted by Gasteiger charge is -2.12. The molecule has 2 heteroatoms. The smallest absolute Gasteiger partial charge is 0.0415 e. The molecular weight excluding hydrogens is 172 g/mol. The van der Waals surface area contributed by atoms with Gasteiger partial charge in [0.05, 0.1) is 0 Å². The van der Waals surface area contributed by atoms with Crippen LogP contribution in [0.5, 0.6) is 0 Å². The molecule has 0 fully saturated rings. The lowest BCUT2D eigenvalue weighted by atomic mass is 10.0. The van der Waals surface area contributed by atoms with Gasteiger partial charge in [-0.25, -0.2) is 0 Å². The summed E-state index contributed by atoms with van der Waals surface area (Å²) >= 11 is 0. The molecule has 0 spiro atoms. The molecule has 1 aromatic rings. The molecule has 1 aliphatic rings. The molecule has 1 aliphatic heterocycles. The van der Waals surface area contributed by atoms with Crippen molar-refractivity contribution in [2.24, 2.45) is 0 Å². The van der Waals surface area contributed by atoms with Gasteiger partial charge in [-0.1, -0.05) is 18.7 Å². The molecular formula is C12H16N2. The minimum Gasteiger partial charge on any atom is -0.357 e. The van der Waals surface area contributed by atoms with Gasteiger partial charge < -0.3 is 10.3 Å². The van der Waals surface area contributed by atoms with Crippen LogP contribution in [-0.2, 0) is 13.0 Å². The maximum Gasteiger partial charge on any atom is 0.0415 e. The number of allylic oxidation sites excluding steroid dienone is 2. The van der Waals surface area contributed by atoms with Crippen LogP contribution in [0.15, 0.2) is 18.7 Å². The normalized spacial score (nSPS) is 15.8. The van der Waals surface area contributed by atoms with Crippen LogP contribution >= 0.6 is 0 Å². The first-order chi connectivity index (χ1) is 6.83. The zero-order valence-corrected chi connectivity index (χ0v) is 8.56. The molecule has 1 aromatic heterocycles. The van der Waals surface area contributed by atoms with Crippen molar-refractivity contribution in [3.63, 3.8) is 0 Å². The van der Waals surface area contributed by atoms with Crippen LogP contribution < -0.4 is 5.32 Å². The van der Waals surface area contributed by atoms with Crippen molar-refractivity contribution in [2.75, 3.05) is 6.54 Å². The molecule has 0 aromatic carbocycles. The summed E-state index contributed by atoms with van der Waals surface area (Å²) in [6, 6.07) is 0. The van der Waals surface area contributed by atoms with Crippen LogP contribution in [0.2, 0.25) is 0 Å². The number of aromatic amines is 1. The summed E-state index contributed by atoms with van der Waals surface area (Å²) in [5, 5.41) is 3.36. The first-order valence-corrected chi connectivity index (χ1v) is 5.03. The summed E-state index contributed by atoms with van der Waals surface area (Å²) in [7, 11) is 0. The molecule has 2 heterocycles. The van der Waals surface area contributed by atoms with Gasteiger partial charge in [-0.15, -0.1) is 0 Å². The second-order valence-corrected chi connectivity index (χ2v) is 3.64. The van der Waals surface area contributed by atoms with Crippen molar-refractivity contribution < 1.29 is 0 Å². The third-order valence-electron chi connectivity index (χ3n) is 2.76. The molecule has 0 aliphatic carbocycles. The van der Waals surface area contributed by atoms with E-state index in [-0.39, 0.29) is 0 Å². The standard InChI is InChI=1S/C12H16N2/c1-3-4-5-11-9(2)10-6-7-13-8-12(10)14-11/h3-5,13-14H,1,6-8H2,2H3. The molecule has 14 heavy (non-hydrogen) atoms. The number of hydrogen-bond acceptors (Lipinski definition) is 1. The van der Waals surface area contributed by atoms with E-state index in [0.29, 0.717) is 0 Å². The van der Waals surface area contributed by atoms with Gasteiger partial charge in [0.1, 0.15) is 0 Å². The van der Waals surface area contributed by atoms with E-state index in [0.717, 1.165) is 19.5 Å². The molecule has 0 saturated carbocycles. The van der Waals surface area contributed by atoms with E-state index in [2.05, 4.69) is 29.9 Å².